The van der Waals surface area contributed by atoms with Gasteiger partial charge in [0.2, 0.25) is 0 Å². The first-order chi connectivity index (χ1) is 8.67. The van der Waals surface area contributed by atoms with E-state index in [1.54, 1.807) is 14.2 Å². The quantitative estimate of drug-likeness (QED) is 0.823. The Balaban J connectivity index is 2.33. The third-order valence-electron chi connectivity index (χ3n) is 3.79. The van der Waals surface area contributed by atoms with E-state index in [-0.39, 0.29) is 0 Å². The maximum Gasteiger partial charge on any atom is 0.132 e. The van der Waals surface area contributed by atoms with Crippen LogP contribution in [-0.4, -0.2) is 20.0 Å². The molecule has 0 bridgehead atoms. The van der Waals surface area contributed by atoms with Crippen LogP contribution in [0.2, 0.25) is 0 Å². The Morgan fingerprint density at radius 1 is 1.11 bits per heavy atom. The SMILES string of the molecule is COc1ccc(C2CCC(=O)CC2)c(OC)c1C. The Bertz CT molecular complexity index is 441. The molecule has 0 unspecified atom stereocenters. The molecule has 0 N–H and O–H groups in total. The van der Waals surface area contributed by atoms with Gasteiger partial charge in [-0.05, 0) is 37.3 Å². The lowest BCUT2D eigenvalue weighted by molar-refractivity contribution is -0.120. The van der Waals surface area contributed by atoms with Crippen LogP contribution in [0, 0.1) is 6.92 Å². The van der Waals surface area contributed by atoms with Gasteiger partial charge in [0.05, 0.1) is 14.2 Å². The van der Waals surface area contributed by atoms with Crippen LogP contribution in [0.5, 0.6) is 11.5 Å². The summed E-state index contributed by atoms with van der Waals surface area (Å²) in [4.78, 5) is 11.3. The topological polar surface area (TPSA) is 35.5 Å². The number of carbonyl (C=O) groups excluding carboxylic acids is 1. The smallest absolute Gasteiger partial charge is 0.132 e. The number of ether oxygens (including phenoxy) is 2. The van der Waals surface area contributed by atoms with E-state index in [1.165, 1.54) is 5.56 Å². The predicted molar refractivity (Wildman–Crippen MR) is 70.5 cm³/mol. The second-order valence-corrected chi connectivity index (χ2v) is 4.83. The Morgan fingerprint density at radius 3 is 2.33 bits per heavy atom. The fourth-order valence-corrected chi connectivity index (χ4v) is 2.76. The normalized spacial score (nSPS) is 16.7. The number of hydrogen-bond donors (Lipinski definition) is 0. The Kier molecular flexibility index (Phi) is 3.90. The average molecular weight is 248 g/mol. The van der Waals surface area contributed by atoms with Gasteiger partial charge in [-0.15, -0.1) is 0 Å². The molecule has 1 aliphatic carbocycles. The minimum absolute atomic E-state index is 0.385. The molecule has 98 valence electrons. The van der Waals surface area contributed by atoms with E-state index in [0.29, 0.717) is 24.5 Å². The fraction of sp³-hybridized carbons (Fsp3) is 0.533. The van der Waals surface area contributed by atoms with Gasteiger partial charge in [0.25, 0.3) is 0 Å². The van der Waals surface area contributed by atoms with Gasteiger partial charge in [0.1, 0.15) is 17.3 Å². The van der Waals surface area contributed by atoms with E-state index in [4.69, 9.17) is 9.47 Å². The first kappa shape index (κ1) is 12.9. The zero-order chi connectivity index (χ0) is 13.1. The van der Waals surface area contributed by atoms with Crippen molar-refractivity contribution in [1.29, 1.82) is 0 Å². The number of methoxy groups -OCH3 is 2. The van der Waals surface area contributed by atoms with Crippen LogP contribution in [0.1, 0.15) is 42.7 Å². The molecule has 0 aliphatic heterocycles. The standard InChI is InChI=1S/C15H20O3/c1-10-14(17-2)9-8-13(15(10)18-3)11-4-6-12(16)7-5-11/h8-9,11H,4-7H2,1-3H3. The van der Waals surface area contributed by atoms with Crippen molar-refractivity contribution in [3.8, 4) is 11.5 Å². The van der Waals surface area contributed by atoms with Crippen molar-refractivity contribution in [2.45, 2.75) is 38.5 Å². The molecule has 1 aliphatic rings. The molecular weight excluding hydrogens is 228 g/mol. The summed E-state index contributed by atoms with van der Waals surface area (Å²) < 4.78 is 10.8. The van der Waals surface area contributed by atoms with Crippen LogP contribution in [0.15, 0.2) is 12.1 Å². The van der Waals surface area contributed by atoms with Gasteiger partial charge >= 0.3 is 0 Å². The van der Waals surface area contributed by atoms with Crippen LogP contribution >= 0.6 is 0 Å². The van der Waals surface area contributed by atoms with Crippen molar-refractivity contribution in [1.82, 2.24) is 0 Å². The van der Waals surface area contributed by atoms with Gasteiger partial charge in [-0.3, -0.25) is 4.79 Å². The van der Waals surface area contributed by atoms with Gasteiger partial charge < -0.3 is 9.47 Å². The molecule has 0 atom stereocenters. The highest BCUT2D eigenvalue weighted by atomic mass is 16.5. The number of ketones is 1. The van der Waals surface area contributed by atoms with Crippen LogP contribution in [-0.2, 0) is 4.79 Å². The first-order valence-electron chi connectivity index (χ1n) is 6.40. The van der Waals surface area contributed by atoms with E-state index in [9.17, 15) is 4.79 Å². The van der Waals surface area contributed by atoms with Crippen LogP contribution in [0.4, 0.5) is 0 Å². The third kappa shape index (κ3) is 2.35. The maximum absolute atomic E-state index is 11.3. The number of carbonyl (C=O) groups is 1. The van der Waals surface area contributed by atoms with Crippen molar-refractivity contribution in [2.24, 2.45) is 0 Å². The second kappa shape index (κ2) is 5.42. The van der Waals surface area contributed by atoms with Crippen molar-refractivity contribution in [3.63, 3.8) is 0 Å². The van der Waals surface area contributed by atoms with Gasteiger partial charge in [-0.2, -0.15) is 0 Å². The van der Waals surface area contributed by atoms with Gasteiger partial charge in [-0.25, -0.2) is 0 Å². The minimum Gasteiger partial charge on any atom is -0.496 e. The summed E-state index contributed by atoms with van der Waals surface area (Å²) >= 11 is 0. The van der Waals surface area contributed by atoms with Crippen molar-refractivity contribution < 1.29 is 14.3 Å². The number of benzene rings is 1. The second-order valence-electron chi connectivity index (χ2n) is 4.83. The molecule has 18 heavy (non-hydrogen) atoms. The molecule has 2 rings (SSSR count). The lowest BCUT2D eigenvalue weighted by Crippen LogP contribution is -2.13. The van der Waals surface area contributed by atoms with Gasteiger partial charge in [0, 0.05) is 18.4 Å². The molecule has 1 aromatic carbocycles. The van der Waals surface area contributed by atoms with E-state index >= 15 is 0 Å². The molecule has 0 heterocycles. The summed E-state index contributed by atoms with van der Waals surface area (Å²) in [7, 11) is 3.36. The minimum atomic E-state index is 0.385. The highest BCUT2D eigenvalue weighted by molar-refractivity contribution is 5.79. The third-order valence-corrected chi connectivity index (χ3v) is 3.79. The molecule has 1 saturated carbocycles. The van der Waals surface area contributed by atoms with E-state index in [1.807, 2.05) is 13.0 Å². The molecule has 3 nitrogen and oxygen atoms in total. The lowest BCUT2D eigenvalue weighted by Gasteiger charge is -2.24. The zero-order valence-corrected chi connectivity index (χ0v) is 11.3. The zero-order valence-electron chi connectivity index (χ0n) is 11.3. The maximum atomic E-state index is 11.3. The molecular formula is C15H20O3. The van der Waals surface area contributed by atoms with Crippen LogP contribution < -0.4 is 9.47 Å². The van der Waals surface area contributed by atoms with Gasteiger partial charge in [0.15, 0.2) is 0 Å². The van der Waals surface area contributed by atoms with Gasteiger partial charge in [-0.1, -0.05) is 6.07 Å². The summed E-state index contributed by atoms with van der Waals surface area (Å²) in [5, 5.41) is 0. The lowest BCUT2D eigenvalue weighted by atomic mass is 9.82. The summed E-state index contributed by atoms with van der Waals surface area (Å²) in [5.41, 5.74) is 2.25. The summed E-state index contributed by atoms with van der Waals surface area (Å²) in [6.07, 6.45) is 3.25. The molecule has 0 aromatic heterocycles. The molecule has 0 saturated heterocycles. The summed E-state index contributed by atoms with van der Waals surface area (Å²) in [6.45, 7) is 2.01. The molecule has 0 spiro atoms. The summed E-state index contributed by atoms with van der Waals surface area (Å²) in [5.74, 6) is 2.58. The van der Waals surface area contributed by atoms with Crippen molar-refractivity contribution in [3.05, 3.63) is 23.3 Å². The average Bonchev–Trinajstić information content (AvgIpc) is 2.39. The van der Waals surface area contributed by atoms with E-state index in [2.05, 4.69) is 6.07 Å². The van der Waals surface area contributed by atoms with Crippen LogP contribution in [0.3, 0.4) is 0 Å². The molecule has 0 radical (unpaired) electrons. The van der Waals surface area contributed by atoms with E-state index < -0.39 is 0 Å². The molecule has 0 amide bonds. The number of rotatable bonds is 3. The molecule has 1 aromatic rings. The predicted octanol–water partition coefficient (Wildman–Crippen LogP) is 3.24. The first-order valence-corrected chi connectivity index (χ1v) is 6.40. The Morgan fingerprint density at radius 2 is 1.78 bits per heavy atom. The fourth-order valence-electron chi connectivity index (χ4n) is 2.76. The largest absolute Gasteiger partial charge is 0.496 e. The number of Topliss-reactive ketones (excluding diaryl/α,β-unsaturated/α-hetero) is 1. The van der Waals surface area contributed by atoms with E-state index in [0.717, 1.165) is 29.9 Å². The molecule has 1 fully saturated rings. The Labute approximate surface area is 108 Å². The number of hydrogen-bond acceptors (Lipinski definition) is 3. The Hall–Kier alpha value is -1.51. The van der Waals surface area contributed by atoms with Crippen LogP contribution in [0.25, 0.3) is 0 Å². The monoisotopic (exact) mass is 248 g/mol. The highest BCUT2D eigenvalue weighted by Crippen LogP contribution is 2.40. The molecule has 3 heteroatoms. The van der Waals surface area contributed by atoms with Crippen molar-refractivity contribution >= 4 is 5.78 Å². The summed E-state index contributed by atoms with van der Waals surface area (Å²) in [6, 6.07) is 4.06. The highest BCUT2D eigenvalue weighted by Gasteiger charge is 2.24. The van der Waals surface area contributed by atoms with Crippen molar-refractivity contribution in [2.75, 3.05) is 14.2 Å².